The van der Waals surface area contributed by atoms with Gasteiger partial charge in [0.25, 0.3) is 0 Å². The minimum Gasteiger partial charge on any atom is -0.496 e. The van der Waals surface area contributed by atoms with Gasteiger partial charge in [-0.25, -0.2) is 0 Å². The number of methoxy groups -OCH3 is 1. The summed E-state index contributed by atoms with van der Waals surface area (Å²) in [6.45, 7) is 0.610. The summed E-state index contributed by atoms with van der Waals surface area (Å²) >= 11 is 0. The Bertz CT molecular complexity index is 509. The Hall–Kier alpha value is -1.75. The van der Waals surface area contributed by atoms with Crippen molar-refractivity contribution in [3.8, 4) is 5.75 Å². The first-order valence-electron chi connectivity index (χ1n) is 8.47. The highest BCUT2D eigenvalue weighted by Crippen LogP contribution is 2.28. The molecule has 5 nitrogen and oxygen atoms in total. The number of hydrogen-bond acceptors (Lipinski definition) is 3. The van der Waals surface area contributed by atoms with E-state index >= 15 is 0 Å². The lowest BCUT2D eigenvalue weighted by Gasteiger charge is -2.26. The SMILES string of the molecule is COc1ccccc1C(CN=C(N)NC1CCCCC1)N(C)C. The largest absolute Gasteiger partial charge is 0.496 e. The highest BCUT2D eigenvalue weighted by Gasteiger charge is 2.18. The van der Waals surface area contributed by atoms with E-state index in [4.69, 9.17) is 10.5 Å². The number of ether oxygens (including phenoxy) is 1. The topological polar surface area (TPSA) is 62.9 Å². The van der Waals surface area contributed by atoms with Gasteiger partial charge in [0.1, 0.15) is 5.75 Å². The number of nitrogens with zero attached hydrogens (tertiary/aromatic N) is 2. The van der Waals surface area contributed by atoms with Crippen LogP contribution in [0.15, 0.2) is 29.3 Å². The van der Waals surface area contributed by atoms with Crippen molar-refractivity contribution in [1.82, 2.24) is 10.2 Å². The van der Waals surface area contributed by atoms with E-state index in [-0.39, 0.29) is 6.04 Å². The maximum absolute atomic E-state index is 6.09. The summed E-state index contributed by atoms with van der Waals surface area (Å²) in [6.07, 6.45) is 6.30. The average Bonchev–Trinajstić information content (AvgIpc) is 2.56. The molecule has 1 aliphatic rings. The van der Waals surface area contributed by atoms with Gasteiger partial charge < -0.3 is 20.7 Å². The Morgan fingerprint density at radius 2 is 2.00 bits per heavy atom. The predicted molar refractivity (Wildman–Crippen MR) is 95.9 cm³/mol. The van der Waals surface area contributed by atoms with Crippen LogP contribution in [-0.4, -0.2) is 44.7 Å². The fraction of sp³-hybridized carbons (Fsp3) is 0.611. The number of nitrogens with two attached hydrogens (primary N) is 1. The van der Waals surface area contributed by atoms with E-state index in [1.165, 1.54) is 32.1 Å². The van der Waals surface area contributed by atoms with Crippen molar-refractivity contribution in [2.24, 2.45) is 10.7 Å². The zero-order chi connectivity index (χ0) is 16.7. The summed E-state index contributed by atoms with van der Waals surface area (Å²) in [5.41, 5.74) is 7.22. The average molecular weight is 318 g/mol. The quantitative estimate of drug-likeness (QED) is 0.625. The first-order valence-corrected chi connectivity index (χ1v) is 8.47. The molecule has 0 heterocycles. The molecule has 1 aromatic rings. The lowest BCUT2D eigenvalue weighted by atomic mass is 9.96. The molecule has 3 N–H and O–H groups in total. The van der Waals surface area contributed by atoms with E-state index in [1.807, 2.05) is 18.2 Å². The van der Waals surface area contributed by atoms with E-state index in [0.717, 1.165) is 11.3 Å². The van der Waals surface area contributed by atoms with Gasteiger partial charge in [-0.15, -0.1) is 0 Å². The minimum absolute atomic E-state index is 0.137. The van der Waals surface area contributed by atoms with E-state index in [9.17, 15) is 0 Å². The molecule has 1 aliphatic carbocycles. The normalized spacial score (nSPS) is 18.0. The van der Waals surface area contributed by atoms with Gasteiger partial charge >= 0.3 is 0 Å². The highest BCUT2D eigenvalue weighted by atomic mass is 16.5. The van der Waals surface area contributed by atoms with E-state index in [1.54, 1.807) is 7.11 Å². The van der Waals surface area contributed by atoms with Crippen LogP contribution in [0.3, 0.4) is 0 Å². The smallest absolute Gasteiger partial charge is 0.188 e. The number of para-hydroxylation sites is 1. The van der Waals surface area contributed by atoms with Gasteiger partial charge in [0.05, 0.1) is 19.7 Å². The van der Waals surface area contributed by atoms with Crippen LogP contribution in [0.1, 0.15) is 43.7 Å². The molecule has 5 heteroatoms. The van der Waals surface area contributed by atoms with Gasteiger partial charge in [-0.1, -0.05) is 37.5 Å². The van der Waals surface area contributed by atoms with Gasteiger partial charge in [-0.2, -0.15) is 0 Å². The molecule has 2 rings (SSSR count). The van der Waals surface area contributed by atoms with Crippen LogP contribution in [0.25, 0.3) is 0 Å². The first-order chi connectivity index (χ1) is 11.1. The Kier molecular flexibility index (Phi) is 6.71. The molecule has 1 unspecified atom stereocenters. The zero-order valence-corrected chi connectivity index (χ0v) is 14.6. The molecule has 1 atom stereocenters. The lowest BCUT2D eigenvalue weighted by Crippen LogP contribution is -2.41. The highest BCUT2D eigenvalue weighted by molar-refractivity contribution is 5.78. The third-order valence-electron chi connectivity index (χ3n) is 4.51. The Labute approximate surface area is 139 Å². The second-order valence-corrected chi connectivity index (χ2v) is 6.43. The first kappa shape index (κ1) is 17.6. The Morgan fingerprint density at radius 1 is 1.30 bits per heavy atom. The van der Waals surface area contributed by atoms with Crippen molar-refractivity contribution in [1.29, 1.82) is 0 Å². The molecule has 23 heavy (non-hydrogen) atoms. The van der Waals surface area contributed by atoms with Crippen molar-refractivity contribution >= 4 is 5.96 Å². The molecule has 0 aliphatic heterocycles. The van der Waals surface area contributed by atoms with Crippen molar-refractivity contribution in [3.05, 3.63) is 29.8 Å². The maximum atomic E-state index is 6.09. The van der Waals surface area contributed by atoms with Crippen molar-refractivity contribution < 1.29 is 4.74 Å². The van der Waals surface area contributed by atoms with Crippen molar-refractivity contribution in [2.75, 3.05) is 27.7 Å². The molecule has 0 spiro atoms. The molecule has 0 bridgehead atoms. The maximum Gasteiger partial charge on any atom is 0.188 e. The summed E-state index contributed by atoms with van der Waals surface area (Å²) < 4.78 is 5.48. The van der Waals surface area contributed by atoms with Gasteiger partial charge in [-0.3, -0.25) is 4.99 Å². The number of nitrogens with one attached hydrogen (secondary N) is 1. The van der Waals surface area contributed by atoms with Crippen LogP contribution < -0.4 is 15.8 Å². The molecule has 0 radical (unpaired) electrons. The van der Waals surface area contributed by atoms with Crippen LogP contribution in [-0.2, 0) is 0 Å². The third-order valence-corrected chi connectivity index (χ3v) is 4.51. The molecule has 1 fully saturated rings. The molecular weight excluding hydrogens is 288 g/mol. The van der Waals surface area contributed by atoms with Gasteiger partial charge in [0.15, 0.2) is 5.96 Å². The number of likely N-dealkylation sites (N-methyl/N-ethyl adjacent to an activating group) is 1. The fourth-order valence-electron chi connectivity index (χ4n) is 3.17. The zero-order valence-electron chi connectivity index (χ0n) is 14.6. The van der Waals surface area contributed by atoms with Crippen LogP contribution in [0.5, 0.6) is 5.75 Å². The second-order valence-electron chi connectivity index (χ2n) is 6.43. The van der Waals surface area contributed by atoms with Gasteiger partial charge in [0, 0.05) is 11.6 Å². The second kappa shape index (κ2) is 8.77. The standard InChI is InChI=1S/C18H30N4O/c1-22(2)16(15-11-7-8-12-17(15)23-3)13-20-18(19)21-14-9-5-4-6-10-14/h7-8,11-12,14,16H,4-6,9-10,13H2,1-3H3,(H3,19,20,21). The van der Waals surface area contributed by atoms with Crippen molar-refractivity contribution in [2.45, 2.75) is 44.2 Å². The van der Waals surface area contributed by atoms with Crippen LogP contribution in [0.4, 0.5) is 0 Å². The number of rotatable bonds is 6. The number of hydrogen-bond donors (Lipinski definition) is 2. The summed E-state index contributed by atoms with van der Waals surface area (Å²) in [7, 11) is 5.81. The number of guanidine groups is 1. The van der Waals surface area contributed by atoms with Crippen LogP contribution >= 0.6 is 0 Å². The molecule has 0 amide bonds. The molecule has 1 saturated carbocycles. The Balaban J connectivity index is 2.02. The summed E-state index contributed by atoms with van der Waals surface area (Å²) in [5, 5.41) is 3.37. The van der Waals surface area contributed by atoms with Crippen LogP contribution in [0.2, 0.25) is 0 Å². The molecule has 0 saturated heterocycles. The number of benzene rings is 1. The molecule has 128 valence electrons. The van der Waals surface area contributed by atoms with Crippen LogP contribution in [0, 0.1) is 0 Å². The third kappa shape index (κ3) is 5.13. The summed E-state index contributed by atoms with van der Waals surface area (Å²) in [4.78, 5) is 6.73. The summed E-state index contributed by atoms with van der Waals surface area (Å²) in [5.74, 6) is 1.44. The summed E-state index contributed by atoms with van der Waals surface area (Å²) in [6, 6.07) is 8.71. The van der Waals surface area contributed by atoms with E-state index < -0.39 is 0 Å². The number of aliphatic imine (C=N–C) groups is 1. The predicted octanol–water partition coefficient (Wildman–Crippen LogP) is 2.53. The fourth-order valence-corrected chi connectivity index (χ4v) is 3.17. The van der Waals surface area contributed by atoms with E-state index in [2.05, 4.69) is 35.4 Å². The molecule has 0 aromatic heterocycles. The van der Waals surface area contributed by atoms with Gasteiger partial charge in [-0.05, 0) is 33.0 Å². The Morgan fingerprint density at radius 3 is 2.65 bits per heavy atom. The molecular formula is C18H30N4O. The van der Waals surface area contributed by atoms with Gasteiger partial charge in [0.2, 0.25) is 0 Å². The minimum atomic E-state index is 0.137. The molecule has 1 aromatic carbocycles. The lowest BCUT2D eigenvalue weighted by molar-refractivity contribution is 0.295. The monoisotopic (exact) mass is 318 g/mol. The van der Waals surface area contributed by atoms with E-state index in [0.29, 0.717) is 18.5 Å². The van der Waals surface area contributed by atoms with Crippen molar-refractivity contribution in [3.63, 3.8) is 0 Å².